The van der Waals surface area contributed by atoms with E-state index >= 15 is 0 Å². The third kappa shape index (κ3) is 4.47. The molecule has 0 aliphatic carbocycles. The summed E-state index contributed by atoms with van der Waals surface area (Å²) in [7, 11) is 1.28. The fourth-order valence-corrected chi connectivity index (χ4v) is 1.67. The second-order valence-corrected chi connectivity index (χ2v) is 5.08. The summed E-state index contributed by atoms with van der Waals surface area (Å²) in [6.45, 7) is 5.06. The second kappa shape index (κ2) is 6.80. The van der Waals surface area contributed by atoms with Gasteiger partial charge in [0, 0.05) is 19.3 Å². The SMILES string of the molecule is CCC(C)NC(=O)C(C)NC(=O)c1cn(C)nc1C(F)(F)F. The van der Waals surface area contributed by atoms with Crippen LogP contribution in [0.25, 0.3) is 0 Å². The number of nitrogens with one attached hydrogen (secondary N) is 2. The molecule has 0 radical (unpaired) electrons. The van der Waals surface area contributed by atoms with Crippen molar-refractivity contribution in [2.75, 3.05) is 0 Å². The molecule has 124 valence electrons. The van der Waals surface area contributed by atoms with Crippen molar-refractivity contribution in [3.8, 4) is 0 Å². The van der Waals surface area contributed by atoms with Crippen LogP contribution in [0.4, 0.5) is 13.2 Å². The molecule has 0 spiro atoms. The predicted octanol–water partition coefficient (Wildman–Crippen LogP) is 1.47. The van der Waals surface area contributed by atoms with E-state index < -0.39 is 35.3 Å². The first-order valence-corrected chi connectivity index (χ1v) is 6.78. The van der Waals surface area contributed by atoms with Gasteiger partial charge >= 0.3 is 6.18 Å². The smallest absolute Gasteiger partial charge is 0.352 e. The first kappa shape index (κ1) is 18.0. The fraction of sp³-hybridized carbons (Fsp3) is 0.615. The molecule has 2 unspecified atom stereocenters. The Bertz CT molecular complexity index is 554. The van der Waals surface area contributed by atoms with Gasteiger partial charge in [-0.2, -0.15) is 18.3 Å². The molecule has 0 aliphatic rings. The number of carbonyl (C=O) groups excluding carboxylic acids is 2. The Morgan fingerprint density at radius 2 is 1.91 bits per heavy atom. The van der Waals surface area contributed by atoms with Gasteiger partial charge in [0.15, 0.2) is 5.69 Å². The number of aryl methyl sites for hydroxylation is 1. The summed E-state index contributed by atoms with van der Waals surface area (Å²) >= 11 is 0. The molecule has 0 saturated heterocycles. The molecular formula is C13H19F3N4O2. The Balaban J connectivity index is 2.84. The van der Waals surface area contributed by atoms with Crippen LogP contribution >= 0.6 is 0 Å². The molecule has 9 heteroatoms. The molecule has 1 heterocycles. The highest BCUT2D eigenvalue weighted by molar-refractivity contribution is 5.98. The van der Waals surface area contributed by atoms with Crippen molar-refractivity contribution in [2.45, 2.75) is 45.5 Å². The summed E-state index contributed by atoms with van der Waals surface area (Å²) in [5, 5.41) is 8.13. The van der Waals surface area contributed by atoms with E-state index in [9.17, 15) is 22.8 Å². The monoisotopic (exact) mass is 320 g/mol. The van der Waals surface area contributed by atoms with Crippen molar-refractivity contribution in [3.63, 3.8) is 0 Å². The van der Waals surface area contributed by atoms with Gasteiger partial charge in [-0.05, 0) is 20.3 Å². The zero-order chi connectivity index (χ0) is 17.1. The van der Waals surface area contributed by atoms with Crippen molar-refractivity contribution in [1.29, 1.82) is 0 Å². The third-order valence-electron chi connectivity index (χ3n) is 3.08. The summed E-state index contributed by atoms with van der Waals surface area (Å²) in [4.78, 5) is 23.7. The molecule has 0 aromatic carbocycles. The van der Waals surface area contributed by atoms with E-state index in [1.807, 2.05) is 6.92 Å². The zero-order valence-corrected chi connectivity index (χ0v) is 12.8. The Kier molecular flexibility index (Phi) is 5.56. The number of rotatable bonds is 5. The van der Waals surface area contributed by atoms with Crippen molar-refractivity contribution >= 4 is 11.8 Å². The highest BCUT2D eigenvalue weighted by Crippen LogP contribution is 2.30. The maximum atomic E-state index is 12.8. The van der Waals surface area contributed by atoms with Crippen LogP contribution in [-0.4, -0.2) is 33.7 Å². The molecular weight excluding hydrogens is 301 g/mol. The van der Waals surface area contributed by atoms with Crippen molar-refractivity contribution in [2.24, 2.45) is 7.05 Å². The zero-order valence-electron chi connectivity index (χ0n) is 12.8. The molecule has 2 amide bonds. The number of hydrogen-bond acceptors (Lipinski definition) is 3. The van der Waals surface area contributed by atoms with Gasteiger partial charge in [-0.25, -0.2) is 0 Å². The molecule has 6 nitrogen and oxygen atoms in total. The minimum absolute atomic E-state index is 0.0871. The maximum Gasteiger partial charge on any atom is 0.435 e. The molecule has 1 aromatic rings. The van der Waals surface area contributed by atoms with E-state index in [-0.39, 0.29) is 6.04 Å². The van der Waals surface area contributed by atoms with Crippen LogP contribution < -0.4 is 10.6 Å². The van der Waals surface area contributed by atoms with E-state index in [4.69, 9.17) is 0 Å². The highest BCUT2D eigenvalue weighted by Gasteiger charge is 2.39. The van der Waals surface area contributed by atoms with Gasteiger partial charge in [0.2, 0.25) is 5.91 Å². The molecule has 2 atom stereocenters. The molecule has 2 N–H and O–H groups in total. The Morgan fingerprint density at radius 1 is 1.32 bits per heavy atom. The molecule has 22 heavy (non-hydrogen) atoms. The fourth-order valence-electron chi connectivity index (χ4n) is 1.67. The van der Waals surface area contributed by atoms with Gasteiger partial charge in [-0.3, -0.25) is 14.3 Å². The van der Waals surface area contributed by atoms with Crippen LogP contribution in [0.15, 0.2) is 6.20 Å². The summed E-state index contributed by atoms with van der Waals surface area (Å²) in [6.07, 6.45) is -3.07. The lowest BCUT2D eigenvalue weighted by Gasteiger charge is -2.17. The Morgan fingerprint density at radius 3 is 2.41 bits per heavy atom. The van der Waals surface area contributed by atoms with Crippen molar-refractivity contribution in [3.05, 3.63) is 17.5 Å². The second-order valence-electron chi connectivity index (χ2n) is 5.08. The lowest BCUT2D eigenvalue weighted by Crippen LogP contribution is -2.47. The molecule has 0 aliphatic heterocycles. The summed E-state index contributed by atoms with van der Waals surface area (Å²) in [5.41, 5.74) is -1.89. The normalized spacial score (nSPS) is 14.3. The van der Waals surface area contributed by atoms with E-state index in [1.165, 1.54) is 14.0 Å². The Labute approximate surface area is 126 Å². The number of carbonyl (C=O) groups is 2. The van der Waals surface area contributed by atoms with Gasteiger partial charge in [0.25, 0.3) is 5.91 Å². The van der Waals surface area contributed by atoms with Gasteiger partial charge < -0.3 is 10.6 Å². The van der Waals surface area contributed by atoms with Crippen LogP contribution in [-0.2, 0) is 18.0 Å². The van der Waals surface area contributed by atoms with E-state index in [2.05, 4.69) is 15.7 Å². The number of halogens is 3. The first-order valence-electron chi connectivity index (χ1n) is 6.78. The molecule has 1 aromatic heterocycles. The molecule has 0 bridgehead atoms. The summed E-state index contributed by atoms with van der Waals surface area (Å²) in [6, 6.07) is -1.04. The van der Waals surface area contributed by atoms with Crippen molar-refractivity contribution in [1.82, 2.24) is 20.4 Å². The number of alkyl halides is 3. The van der Waals surface area contributed by atoms with Crippen LogP contribution in [0.5, 0.6) is 0 Å². The minimum atomic E-state index is -4.74. The maximum absolute atomic E-state index is 12.8. The van der Waals surface area contributed by atoms with E-state index in [0.29, 0.717) is 6.42 Å². The van der Waals surface area contributed by atoms with Gasteiger partial charge in [-0.15, -0.1) is 0 Å². The van der Waals surface area contributed by atoms with Crippen molar-refractivity contribution < 1.29 is 22.8 Å². The summed E-state index contributed by atoms with van der Waals surface area (Å²) in [5.74, 6) is -1.45. The lowest BCUT2D eigenvalue weighted by atomic mass is 10.2. The topological polar surface area (TPSA) is 76.0 Å². The number of aromatic nitrogens is 2. The lowest BCUT2D eigenvalue weighted by molar-refractivity contribution is -0.141. The van der Waals surface area contributed by atoms with Crippen LogP contribution in [0.3, 0.4) is 0 Å². The largest absolute Gasteiger partial charge is 0.435 e. The third-order valence-corrected chi connectivity index (χ3v) is 3.08. The molecule has 1 rings (SSSR count). The van der Waals surface area contributed by atoms with Crippen LogP contribution in [0.1, 0.15) is 43.2 Å². The first-order chi connectivity index (χ1) is 10.1. The summed E-state index contributed by atoms with van der Waals surface area (Å²) < 4.78 is 39.3. The van der Waals surface area contributed by atoms with E-state index in [0.717, 1.165) is 10.9 Å². The van der Waals surface area contributed by atoms with Gasteiger partial charge in [0.05, 0.1) is 5.56 Å². The number of hydrogen-bond donors (Lipinski definition) is 2. The number of nitrogens with zero attached hydrogens (tertiary/aromatic N) is 2. The van der Waals surface area contributed by atoms with Crippen LogP contribution in [0.2, 0.25) is 0 Å². The average molecular weight is 320 g/mol. The minimum Gasteiger partial charge on any atom is -0.352 e. The van der Waals surface area contributed by atoms with Gasteiger partial charge in [-0.1, -0.05) is 6.92 Å². The average Bonchev–Trinajstić information content (AvgIpc) is 2.80. The highest BCUT2D eigenvalue weighted by atomic mass is 19.4. The standard InChI is InChI=1S/C13H19F3N4O2/c1-5-7(2)17-11(21)8(3)18-12(22)9-6-20(4)19-10(9)13(14,15)16/h6-8H,5H2,1-4H3,(H,17,21)(H,18,22). The number of amides is 2. The molecule has 0 fully saturated rings. The predicted molar refractivity (Wildman–Crippen MR) is 73.0 cm³/mol. The Hall–Kier alpha value is -2.06. The van der Waals surface area contributed by atoms with E-state index in [1.54, 1.807) is 6.92 Å². The van der Waals surface area contributed by atoms with Gasteiger partial charge in [0.1, 0.15) is 6.04 Å². The quantitative estimate of drug-likeness (QED) is 0.862. The van der Waals surface area contributed by atoms with Crippen LogP contribution in [0, 0.1) is 0 Å². The molecule has 0 saturated carbocycles.